The van der Waals surface area contributed by atoms with Gasteiger partial charge in [-0.15, -0.1) is 0 Å². The second-order valence-electron chi connectivity index (χ2n) is 7.79. The predicted octanol–water partition coefficient (Wildman–Crippen LogP) is 5.04. The monoisotopic (exact) mass is 416 g/mol. The molecule has 1 aliphatic carbocycles. The zero-order valence-corrected chi connectivity index (χ0v) is 16.5. The zero-order chi connectivity index (χ0) is 21.3. The third-order valence-electron chi connectivity index (χ3n) is 5.51. The van der Waals surface area contributed by atoms with Crippen LogP contribution in [0, 0.1) is 6.92 Å². The number of alkyl halides is 3. The summed E-state index contributed by atoms with van der Waals surface area (Å²) in [5.41, 5.74) is 1.41. The van der Waals surface area contributed by atoms with Gasteiger partial charge < -0.3 is 15.6 Å². The lowest BCUT2D eigenvalue weighted by atomic mass is 9.90. The van der Waals surface area contributed by atoms with E-state index in [-0.39, 0.29) is 18.0 Å². The Morgan fingerprint density at radius 2 is 1.80 bits per heavy atom. The summed E-state index contributed by atoms with van der Waals surface area (Å²) in [6.45, 7) is 1.55. The van der Waals surface area contributed by atoms with Gasteiger partial charge in [0.1, 0.15) is 5.69 Å². The summed E-state index contributed by atoms with van der Waals surface area (Å²) in [5.74, 6) is -0.108. The smallest absolute Gasteiger partial charge is 0.382 e. The maximum Gasteiger partial charge on any atom is 0.433 e. The normalized spacial score (nSPS) is 19.6. The first-order valence-corrected chi connectivity index (χ1v) is 9.99. The number of H-pyrrole nitrogens is 1. The molecule has 0 bridgehead atoms. The minimum Gasteiger partial charge on any atom is -0.382 e. The lowest BCUT2D eigenvalue weighted by Crippen LogP contribution is -2.40. The number of nitrogens with one attached hydrogen (secondary N) is 3. The number of halogens is 3. The average molecular weight is 416 g/mol. The molecule has 0 aliphatic heterocycles. The van der Waals surface area contributed by atoms with Gasteiger partial charge in [0, 0.05) is 40.6 Å². The van der Waals surface area contributed by atoms with Crippen molar-refractivity contribution in [1.82, 2.24) is 15.3 Å². The molecular weight excluding hydrogens is 393 g/mol. The second-order valence-corrected chi connectivity index (χ2v) is 7.79. The number of para-hydroxylation sites is 1. The Hall–Kier alpha value is -3.03. The van der Waals surface area contributed by atoms with Crippen molar-refractivity contribution in [1.29, 1.82) is 0 Å². The molecule has 3 aromatic rings. The minimum absolute atomic E-state index is 0.0501. The van der Waals surface area contributed by atoms with Crippen LogP contribution in [0.25, 0.3) is 10.9 Å². The van der Waals surface area contributed by atoms with E-state index in [1.807, 2.05) is 24.3 Å². The lowest BCUT2D eigenvalue weighted by molar-refractivity contribution is -0.141. The number of aryl methyl sites for hydroxylation is 1. The highest BCUT2D eigenvalue weighted by Gasteiger charge is 2.33. The molecule has 158 valence electrons. The van der Waals surface area contributed by atoms with Crippen LogP contribution in [0.1, 0.15) is 47.4 Å². The molecule has 5 nitrogen and oxygen atoms in total. The molecule has 3 N–H and O–H groups in total. The molecule has 0 unspecified atom stereocenters. The fourth-order valence-corrected chi connectivity index (χ4v) is 4.04. The molecule has 0 atom stereocenters. The number of carbonyl (C=O) groups excluding carboxylic acids is 1. The average Bonchev–Trinajstić information content (AvgIpc) is 3.13. The lowest BCUT2D eigenvalue weighted by Gasteiger charge is -2.30. The number of hydrogen-bond acceptors (Lipinski definition) is 3. The molecule has 30 heavy (non-hydrogen) atoms. The first-order chi connectivity index (χ1) is 14.3. The third kappa shape index (κ3) is 4.42. The number of fused-ring (bicyclic) bond motifs is 1. The highest BCUT2D eigenvalue weighted by Crippen LogP contribution is 2.31. The SMILES string of the molecule is Cc1cc(N[C@H]2CC[C@@H](NC(=O)c3c[nH]c4ccccc34)CC2)cc(C(F)(F)F)n1. The highest BCUT2D eigenvalue weighted by molar-refractivity contribution is 6.06. The van der Waals surface area contributed by atoms with Crippen LogP contribution in [0.3, 0.4) is 0 Å². The fraction of sp³-hybridized carbons (Fsp3) is 0.364. The van der Waals surface area contributed by atoms with Gasteiger partial charge in [-0.05, 0) is 50.8 Å². The van der Waals surface area contributed by atoms with Crippen LogP contribution >= 0.6 is 0 Å². The van der Waals surface area contributed by atoms with E-state index in [1.165, 1.54) is 0 Å². The van der Waals surface area contributed by atoms with Crippen molar-refractivity contribution < 1.29 is 18.0 Å². The van der Waals surface area contributed by atoms with E-state index in [0.717, 1.165) is 42.7 Å². The molecule has 0 radical (unpaired) electrons. The molecule has 0 saturated heterocycles. The quantitative estimate of drug-likeness (QED) is 0.558. The van der Waals surface area contributed by atoms with Crippen LogP contribution < -0.4 is 10.6 Å². The maximum atomic E-state index is 13.0. The third-order valence-corrected chi connectivity index (χ3v) is 5.51. The Bertz CT molecular complexity index is 1050. The van der Waals surface area contributed by atoms with Gasteiger partial charge in [0.15, 0.2) is 0 Å². The Labute approximate surface area is 172 Å². The van der Waals surface area contributed by atoms with E-state index in [0.29, 0.717) is 16.9 Å². The van der Waals surface area contributed by atoms with Crippen LogP contribution in [-0.2, 0) is 6.18 Å². The van der Waals surface area contributed by atoms with Gasteiger partial charge >= 0.3 is 6.18 Å². The predicted molar refractivity (Wildman–Crippen MR) is 109 cm³/mol. The number of amides is 1. The number of benzene rings is 1. The first kappa shape index (κ1) is 20.3. The van der Waals surface area contributed by atoms with Gasteiger partial charge in [-0.2, -0.15) is 13.2 Å². The van der Waals surface area contributed by atoms with Gasteiger partial charge in [0.25, 0.3) is 5.91 Å². The molecule has 2 heterocycles. The molecule has 8 heteroatoms. The van der Waals surface area contributed by atoms with E-state index in [1.54, 1.807) is 19.2 Å². The summed E-state index contributed by atoms with van der Waals surface area (Å²) in [7, 11) is 0. The summed E-state index contributed by atoms with van der Waals surface area (Å²) in [6, 6.07) is 10.4. The molecule has 1 amide bonds. The number of rotatable bonds is 4. The van der Waals surface area contributed by atoms with Crippen LogP contribution in [-0.4, -0.2) is 28.0 Å². The van der Waals surface area contributed by atoms with Crippen molar-refractivity contribution in [2.45, 2.75) is 50.9 Å². The molecule has 1 fully saturated rings. The van der Waals surface area contributed by atoms with E-state index in [9.17, 15) is 18.0 Å². The van der Waals surface area contributed by atoms with Crippen molar-refractivity contribution in [2.24, 2.45) is 0 Å². The second kappa shape index (κ2) is 8.01. The van der Waals surface area contributed by atoms with Crippen LogP contribution in [0.2, 0.25) is 0 Å². The zero-order valence-electron chi connectivity index (χ0n) is 16.5. The summed E-state index contributed by atoms with van der Waals surface area (Å²) in [5, 5.41) is 7.18. The summed E-state index contributed by atoms with van der Waals surface area (Å²) >= 11 is 0. The Balaban J connectivity index is 1.34. The van der Waals surface area contributed by atoms with E-state index < -0.39 is 11.9 Å². The fourth-order valence-electron chi connectivity index (χ4n) is 4.04. The summed E-state index contributed by atoms with van der Waals surface area (Å²) in [4.78, 5) is 19.3. The van der Waals surface area contributed by atoms with Gasteiger partial charge in [0.05, 0.1) is 5.56 Å². The molecule has 1 aliphatic rings. The van der Waals surface area contributed by atoms with Crippen molar-refractivity contribution in [3.8, 4) is 0 Å². The molecule has 4 rings (SSSR count). The van der Waals surface area contributed by atoms with Crippen molar-refractivity contribution in [3.63, 3.8) is 0 Å². The standard InChI is InChI=1S/C22H23F3N4O/c1-13-10-16(11-20(27-13)22(23,24)25)28-14-6-8-15(9-7-14)29-21(30)18-12-26-19-5-3-2-4-17(18)19/h2-5,10-12,14-15,26H,6-9H2,1H3,(H,27,28)(H,29,30)/t14-,15+. The Kier molecular flexibility index (Phi) is 5.40. The molecular formula is C22H23F3N4O. The number of aromatic nitrogens is 2. The van der Waals surface area contributed by atoms with Crippen LogP contribution in [0.15, 0.2) is 42.6 Å². The number of hydrogen-bond donors (Lipinski definition) is 3. The van der Waals surface area contributed by atoms with Crippen LogP contribution in [0.4, 0.5) is 18.9 Å². The number of nitrogens with zero attached hydrogens (tertiary/aromatic N) is 1. The number of anilines is 1. The van der Waals surface area contributed by atoms with Crippen molar-refractivity contribution >= 4 is 22.5 Å². The summed E-state index contributed by atoms with van der Waals surface area (Å²) in [6.07, 6.45) is 0.316. The maximum absolute atomic E-state index is 13.0. The van der Waals surface area contributed by atoms with Crippen molar-refractivity contribution in [2.75, 3.05) is 5.32 Å². The topological polar surface area (TPSA) is 69.8 Å². The largest absolute Gasteiger partial charge is 0.433 e. The molecule has 1 aromatic carbocycles. The van der Waals surface area contributed by atoms with Crippen LogP contribution in [0.5, 0.6) is 0 Å². The minimum atomic E-state index is -4.47. The molecule has 1 saturated carbocycles. The molecule has 2 aromatic heterocycles. The Morgan fingerprint density at radius 1 is 1.10 bits per heavy atom. The first-order valence-electron chi connectivity index (χ1n) is 9.99. The number of carbonyl (C=O) groups is 1. The van der Waals surface area contributed by atoms with Gasteiger partial charge in [-0.25, -0.2) is 4.98 Å². The van der Waals surface area contributed by atoms with E-state index in [2.05, 4.69) is 20.6 Å². The van der Waals surface area contributed by atoms with E-state index in [4.69, 9.17) is 0 Å². The molecule has 0 spiro atoms. The summed E-state index contributed by atoms with van der Waals surface area (Å²) < 4.78 is 38.9. The van der Waals surface area contributed by atoms with Gasteiger partial charge in [0.2, 0.25) is 0 Å². The number of pyridine rings is 1. The van der Waals surface area contributed by atoms with E-state index >= 15 is 0 Å². The van der Waals surface area contributed by atoms with Gasteiger partial charge in [-0.1, -0.05) is 18.2 Å². The highest BCUT2D eigenvalue weighted by atomic mass is 19.4. The van der Waals surface area contributed by atoms with Crippen molar-refractivity contribution in [3.05, 3.63) is 59.5 Å². The Morgan fingerprint density at radius 3 is 2.53 bits per heavy atom. The number of aromatic amines is 1. The van der Waals surface area contributed by atoms with Gasteiger partial charge in [-0.3, -0.25) is 4.79 Å².